The minimum absolute atomic E-state index is 1.12. The van der Waals surface area contributed by atoms with Gasteiger partial charge in [-0.15, -0.1) is 0 Å². The molecule has 0 aliphatic heterocycles. The van der Waals surface area contributed by atoms with Crippen molar-refractivity contribution in [3.05, 3.63) is 28.6 Å². The van der Waals surface area contributed by atoms with Crippen molar-refractivity contribution in [2.24, 2.45) is 7.05 Å². The second-order valence-electron chi connectivity index (χ2n) is 4.62. The van der Waals surface area contributed by atoms with Crippen LogP contribution in [0.1, 0.15) is 28.9 Å². The van der Waals surface area contributed by atoms with E-state index in [-0.39, 0.29) is 0 Å². The van der Waals surface area contributed by atoms with Crippen LogP contribution >= 0.6 is 0 Å². The Morgan fingerprint density at radius 2 is 2.07 bits per heavy atom. The summed E-state index contributed by atoms with van der Waals surface area (Å²) >= 11 is 0. The summed E-state index contributed by atoms with van der Waals surface area (Å²) in [5.74, 6) is 0. The van der Waals surface area contributed by atoms with Crippen molar-refractivity contribution in [2.45, 2.75) is 33.1 Å². The van der Waals surface area contributed by atoms with E-state index in [1.807, 2.05) is 0 Å². The van der Waals surface area contributed by atoms with Crippen molar-refractivity contribution in [1.29, 1.82) is 0 Å². The SMILES string of the molecule is Cc1cc(C)c2c3c(n(C)c2n1)CCC3. The highest BCUT2D eigenvalue weighted by Crippen LogP contribution is 2.33. The molecule has 0 bridgehead atoms. The third kappa shape index (κ3) is 1.08. The number of nitrogens with zero attached hydrogens (tertiary/aromatic N) is 2. The van der Waals surface area contributed by atoms with E-state index in [1.54, 1.807) is 5.56 Å². The molecule has 0 fully saturated rings. The molecular weight excluding hydrogens is 184 g/mol. The largest absolute Gasteiger partial charge is 0.332 e. The van der Waals surface area contributed by atoms with Crippen molar-refractivity contribution >= 4 is 11.0 Å². The van der Waals surface area contributed by atoms with Gasteiger partial charge in [0, 0.05) is 23.8 Å². The van der Waals surface area contributed by atoms with Crippen molar-refractivity contribution in [3.63, 3.8) is 0 Å². The van der Waals surface area contributed by atoms with Crippen LogP contribution in [-0.4, -0.2) is 9.55 Å². The number of aromatic nitrogens is 2. The molecule has 2 nitrogen and oxygen atoms in total. The monoisotopic (exact) mass is 200 g/mol. The molecule has 78 valence electrons. The lowest BCUT2D eigenvalue weighted by Crippen LogP contribution is -1.96. The molecule has 15 heavy (non-hydrogen) atoms. The van der Waals surface area contributed by atoms with Crippen LogP contribution in [0, 0.1) is 13.8 Å². The van der Waals surface area contributed by atoms with Gasteiger partial charge in [0.2, 0.25) is 0 Å². The highest BCUT2D eigenvalue weighted by Gasteiger charge is 2.21. The zero-order chi connectivity index (χ0) is 10.6. The molecule has 2 heterocycles. The molecule has 2 aromatic rings. The van der Waals surface area contributed by atoms with Crippen LogP contribution in [0.2, 0.25) is 0 Å². The molecular formula is C13H16N2. The van der Waals surface area contributed by atoms with E-state index >= 15 is 0 Å². The second kappa shape index (κ2) is 2.84. The number of rotatable bonds is 0. The first-order valence-corrected chi connectivity index (χ1v) is 5.63. The van der Waals surface area contributed by atoms with E-state index in [0.29, 0.717) is 0 Å². The quantitative estimate of drug-likeness (QED) is 0.639. The van der Waals surface area contributed by atoms with Gasteiger partial charge in [0.15, 0.2) is 0 Å². The van der Waals surface area contributed by atoms with Crippen LogP contribution in [0.4, 0.5) is 0 Å². The van der Waals surface area contributed by atoms with Gasteiger partial charge in [0.1, 0.15) is 5.65 Å². The summed E-state index contributed by atoms with van der Waals surface area (Å²) in [6, 6.07) is 2.20. The van der Waals surface area contributed by atoms with Gasteiger partial charge in [-0.1, -0.05) is 0 Å². The molecule has 1 aliphatic rings. The van der Waals surface area contributed by atoms with E-state index in [1.165, 1.54) is 41.6 Å². The third-order valence-corrected chi connectivity index (χ3v) is 3.54. The van der Waals surface area contributed by atoms with Gasteiger partial charge in [-0.05, 0) is 50.3 Å². The van der Waals surface area contributed by atoms with Crippen LogP contribution in [0.3, 0.4) is 0 Å². The van der Waals surface area contributed by atoms with Crippen LogP contribution < -0.4 is 0 Å². The van der Waals surface area contributed by atoms with Crippen LogP contribution in [0.15, 0.2) is 6.07 Å². The Hall–Kier alpha value is -1.31. The van der Waals surface area contributed by atoms with Gasteiger partial charge >= 0.3 is 0 Å². The van der Waals surface area contributed by atoms with E-state index in [4.69, 9.17) is 0 Å². The molecule has 0 spiro atoms. The molecule has 0 amide bonds. The lowest BCUT2D eigenvalue weighted by Gasteiger charge is -2.03. The van der Waals surface area contributed by atoms with Crippen molar-refractivity contribution in [2.75, 3.05) is 0 Å². The molecule has 0 saturated carbocycles. The molecule has 2 heteroatoms. The topological polar surface area (TPSA) is 17.8 Å². The van der Waals surface area contributed by atoms with Gasteiger partial charge in [0.05, 0.1) is 0 Å². The Labute approximate surface area is 89.9 Å². The zero-order valence-corrected chi connectivity index (χ0v) is 9.59. The average Bonchev–Trinajstić information content (AvgIpc) is 2.71. The Morgan fingerprint density at radius 3 is 2.87 bits per heavy atom. The number of hydrogen-bond donors (Lipinski definition) is 0. The van der Waals surface area contributed by atoms with Crippen LogP contribution in [0.5, 0.6) is 0 Å². The molecule has 0 unspecified atom stereocenters. The standard InChI is InChI=1S/C13H16N2/c1-8-7-9(2)14-13-12(8)10-5-4-6-11(10)15(13)3/h7H,4-6H2,1-3H3. The van der Waals surface area contributed by atoms with Gasteiger partial charge < -0.3 is 4.57 Å². The minimum atomic E-state index is 1.12. The van der Waals surface area contributed by atoms with E-state index in [0.717, 1.165) is 5.69 Å². The van der Waals surface area contributed by atoms with Crippen molar-refractivity contribution in [1.82, 2.24) is 9.55 Å². The summed E-state index contributed by atoms with van der Waals surface area (Å²) in [7, 11) is 2.15. The Bertz CT molecular complexity index is 549. The predicted octanol–water partition coefficient (Wildman–Crippen LogP) is 2.68. The normalized spacial score (nSPS) is 14.9. The van der Waals surface area contributed by atoms with Crippen LogP contribution in [-0.2, 0) is 19.9 Å². The first-order chi connectivity index (χ1) is 7.18. The fourth-order valence-corrected chi connectivity index (χ4v) is 2.93. The zero-order valence-electron chi connectivity index (χ0n) is 9.59. The van der Waals surface area contributed by atoms with Gasteiger partial charge in [0.25, 0.3) is 0 Å². The smallest absolute Gasteiger partial charge is 0.140 e. The maximum Gasteiger partial charge on any atom is 0.140 e. The Balaban J connectivity index is 2.50. The summed E-state index contributed by atoms with van der Waals surface area (Å²) in [5, 5.41) is 1.41. The van der Waals surface area contributed by atoms with Gasteiger partial charge in [-0.2, -0.15) is 0 Å². The fourth-order valence-electron chi connectivity index (χ4n) is 2.93. The minimum Gasteiger partial charge on any atom is -0.332 e. The van der Waals surface area contributed by atoms with Crippen molar-refractivity contribution < 1.29 is 0 Å². The van der Waals surface area contributed by atoms with E-state index in [2.05, 4.69) is 36.5 Å². The third-order valence-electron chi connectivity index (χ3n) is 3.54. The fraction of sp³-hybridized carbons (Fsp3) is 0.462. The predicted molar refractivity (Wildman–Crippen MR) is 62.2 cm³/mol. The Kier molecular flexibility index (Phi) is 1.70. The summed E-state index contributed by atoms with van der Waals surface area (Å²) in [4.78, 5) is 4.66. The van der Waals surface area contributed by atoms with Crippen molar-refractivity contribution in [3.8, 4) is 0 Å². The second-order valence-corrected chi connectivity index (χ2v) is 4.62. The highest BCUT2D eigenvalue weighted by atomic mass is 15.0. The molecule has 2 aromatic heterocycles. The molecule has 0 atom stereocenters. The number of fused-ring (bicyclic) bond motifs is 3. The molecule has 0 radical (unpaired) electrons. The Morgan fingerprint density at radius 1 is 1.27 bits per heavy atom. The molecule has 1 aliphatic carbocycles. The number of pyridine rings is 1. The lowest BCUT2D eigenvalue weighted by molar-refractivity contribution is 0.822. The highest BCUT2D eigenvalue weighted by molar-refractivity contribution is 5.86. The van der Waals surface area contributed by atoms with Gasteiger partial charge in [-0.3, -0.25) is 0 Å². The molecule has 0 aromatic carbocycles. The molecule has 0 saturated heterocycles. The summed E-state index contributed by atoms with van der Waals surface area (Å²) in [6.45, 7) is 4.28. The van der Waals surface area contributed by atoms with Gasteiger partial charge in [-0.25, -0.2) is 4.98 Å². The summed E-state index contributed by atoms with van der Waals surface area (Å²) < 4.78 is 2.29. The van der Waals surface area contributed by atoms with E-state index in [9.17, 15) is 0 Å². The summed E-state index contributed by atoms with van der Waals surface area (Å²) in [5.41, 5.74) is 6.75. The maximum atomic E-state index is 4.66. The van der Waals surface area contributed by atoms with Crippen LogP contribution in [0.25, 0.3) is 11.0 Å². The maximum absolute atomic E-state index is 4.66. The number of aryl methyl sites for hydroxylation is 4. The molecule has 0 N–H and O–H groups in total. The first-order valence-electron chi connectivity index (χ1n) is 5.63. The average molecular weight is 200 g/mol. The molecule has 3 rings (SSSR count). The summed E-state index contributed by atoms with van der Waals surface area (Å²) in [6.07, 6.45) is 3.76. The first kappa shape index (κ1) is 8.96. The lowest BCUT2D eigenvalue weighted by atomic mass is 10.1. The van der Waals surface area contributed by atoms with E-state index < -0.39 is 0 Å². The number of hydrogen-bond acceptors (Lipinski definition) is 1.